The highest BCUT2D eigenvalue weighted by molar-refractivity contribution is 6.08. The average Bonchev–Trinajstić information content (AvgIpc) is 2.89. The van der Waals surface area contributed by atoms with E-state index in [1.807, 2.05) is 43.3 Å². The van der Waals surface area contributed by atoms with Gasteiger partial charge in [0.1, 0.15) is 0 Å². The monoisotopic (exact) mass is 263 g/mol. The van der Waals surface area contributed by atoms with Crippen molar-refractivity contribution >= 4 is 17.9 Å². The zero-order valence-corrected chi connectivity index (χ0v) is 11.5. The molecule has 100 valence electrons. The predicted molar refractivity (Wildman–Crippen MR) is 85.7 cm³/mol. The van der Waals surface area contributed by atoms with Crippen molar-refractivity contribution in [2.24, 2.45) is 0 Å². The molecule has 2 aromatic rings. The van der Waals surface area contributed by atoms with Crippen molar-refractivity contribution in [3.05, 3.63) is 66.4 Å². The van der Waals surface area contributed by atoms with Crippen molar-refractivity contribution in [2.75, 3.05) is 0 Å². The first-order valence-corrected chi connectivity index (χ1v) is 6.33. The summed E-state index contributed by atoms with van der Waals surface area (Å²) < 4.78 is 0. The van der Waals surface area contributed by atoms with Crippen molar-refractivity contribution in [1.29, 1.82) is 5.41 Å². The summed E-state index contributed by atoms with van der Waals surface area (Å²) in [6.07, 6.45) is 5.20. The molecule has 1 aromatic carbocycles. The zero-order valence-electron chi connectivity index (χ0n) is 11.5. The molecule has 3 nitrogen and oxygen atoms in total. The Morgan fingerprint density at radius 3 is 2.55 bits per heavy atom. The lowest BCUT2D eigenvalue weighted by Crippen LogP contribution is -1.92. The van der Waals surface area contributed by atoms with E-state index in [1.54, 1.807) is 6.08 Å². The molecule has 0 bridgehead atoms. The largest absolute Gasteiger partial charge is 0.301 e. The van der Waals surface area contributed by atoms with Gasteiger partial charge < -0.3 is 5.41 Å². The first-order chi connectivity index (χ1) is 9.67. The number of aromatic nitrogens is 2. The molecule has 0 amide bonds. The Hall–Kier alpha value is -2.68. The van der Waals surface area contributed by atoms with Gasteiger partial charge in [-0.2, -0.15) is 5.10 Å². The number of benzene rings is 1. The van der Waals surface area contributed by atoms with E-state index in [-0.39, 0.29) is 0 Å². The molecule has 0 saturated carbocycles. The quantitative estimate of drug-likeness (QED) is 0.775. The third-order valence-electron chi connectivity index (χ3n) is 3.07. The Bertz CT molecular complexity index is 676. The molecule has 0 unspecified atom stereocenters. The van der Waals surface area contributed by atoms with Crippen LogP contribution >= 0.6 is 0 Å². The molecule has 0 saturated heterocycles. The second-order valence-electron chi connectivity index (χ2n) is 4.41. The average molecular weight is 263 g/mol. The van der Waals surface area contributed by atoms with Gasteiger partial charge >= 0.3 is 0 Å². The van der Waals surface area contributed by atoms with Crippen molar-refractivity contribution in [3.8, 4) is 11.3 Å². The number of hydrogen-bond donors (Lipinski definition) is 2. The molecular weight excluding hydrogens is 246 g/mol. The maximum atomic E-state index is 7.81. The summed E-state index contributed by atoms with van der Waals surface area (Å²) in [5.74, 6) is 0. The zero-order chi connectivity index (χ0) is 14.5. The molecule has 2 rings (SSSR count). The molecule has 1 aromatic heterocycles. The summed E-state index contributed by atoms with van der Waals surface area (Å²) in [6, 6.07) is 9.94. The van der Waals surface area contributed by atoms with Gasteiger partial charge in [0.25, 0.3) is 0 Å². The highest BCUT2D eigenvalue weighted by Crippen LogP contribution is 2.26. The summed E-state index contributed by atoms with van der Waals surface area (Å²) in [4.78, 5) is 0. The van der Waals surface area contributed by atoms with E-state index < -0.39 is 0 Å². The Morgan fingerprint density at radius 2 is 1.95 bits per heavy atom. The van der Waals surface area contributed by atoms with Gasteiger partial charge in [-0.3, -0.25) is 5.10 Å². The first-order valence-electron chi connectivity index (χ1n) is 6.33. The van der Waals surface area contributed by atoms with Gasteiger partial charge in [-0.1, -0.05) is 43.5 Å². The van der Waals surface area contributed by atoms with Crippen molar-refractivity contribution < 1.29 is 0 Å². The van der Waals surface area contributed by atoms with Crippen LogP contribution in [0, 0.1) is 5.41 Å². The van der Waals surface area contributed by atoms with E-state index in [0.29, 0.717) is 5.71 Å². The summed E-state index contributed by atoms with van der Waals surface area (Å²) in [6.45, 7) is 9.31. The molecule has 2 N–H and O–H groups in total. The summed E-state index contributed by atoms with van der Waals surface area (Å²) in [7, 11) is 0. The van der Waals surface area contributed by atoms with Gasteiger partial charge in [0.2, 0.25) is 0 Å². The lowest BCUT2D eigenvalue weighted by atomic mass is 10.0. The van der Waals surface area contributed by atoms with Gasteiger partial charge in [-0.05, 0) is 30.7 Å². The van der Waals surface area contributed by atoms with Gasteiger partial charge in [-0.25, -0.2) is 0 Å². The Kier molecular flexibility index (Phi) is 4.11. The normalized spacial score (nSPS) is 11.2. The summed E-state index contributed by atoms with van der Waals surface area (Å²) in [5.41, 5.74) is 4.91. The van der Waals surface area contributed by atoms with Gasteiger partial charge in [0, 0.05) is 11.1 Å². The molecule has 0 aliphatic carbocycles. The molecule has 0 aliphatic rings. The molecule has 0 aliphatic heterocycles. The minimum absolute atomic E-state index is 0.403. The molecule has 20 heavy (non-hydrogen) atoms. The van der Waals surface area contributed by atoms with Crippen LogP contribution in [0.1, 0.15) is 18.2 Å². The summed E-state index contributed by atoms with van der Waals surface area (Å²) in [5, 5.41) is 15.1. The van der Waals surface area contributed by atoms with Crippen LogP contribution in [-0.2, 0) is 0 Å². The molecule has 3 heteroatoms. The van der Waals surface area contributed by atoms with Crippen LogP contribution in [-0.4, -0.2) is 15.9 Å². The SMILES string of the molecule is C=CC(=N)C(C)=Cc1c(-c2ccccc2)n[nH]c1C=C. The Balaban J connectivity index is 2.57. The predicted octanol–water partition coefficient (Wildman–Crippen LogP) is 4.33. The van der Waals surface area contributed by atoms with E-state index in [0.717, 1.165) is 28.1 Å². The fraction of sp³-hybridized carbons (Fsp3) is 0.0588. The van der Waals surface area contributed by atoms with Crippen molar-refractivity contribution in [2.45, 2.75) is 6.92 Å². The number of nitrogens with one attached hydrogen (secondary N) is 2. The number of hydrogen-bond acceptors (Lipinski definition) is 2. The number of rotatable bonds is 5. The van der Waals surface area contributed by atoms with Gasteiger partial charge in [-0.15, -0.1) is 0 Å². The topological polar surface area (TPSA) is 52.5 Å². The number of allylic oxidation sites excluding steroid dienone is 2. The van der Waals surface area contributed by atoms with Crippen molar-refractivity contribution in [3.63, 3.8) is 0 Å². The minimum atomic E-state index is 0.403. The maximum absolute atomic E-state index is 7.81. The number of H-pyrrole nitrogens is 1. The van der Waals surface area contributed by atoms with E-state index >= 15 is 0 Å². The van der Waals surface area contributed by atoms with Crippen LogP contribution in [0.15, 0.2) is 55.1 Å². The van der Waals surface area contributed by atoms with E-state index in [4.69, 9.17) is 5.41 Å². The van der Waals surface area contributed by atoms with E-state index in [1.165, 1.54) is 6.08 Å². The van der Waals surface area contributed by atoms with Gasteiger partial charge in [0.05, 0.1) is 17.1 Å². The standard InChI is InChI=1S/C17H17N3/c1-4-15(18)12(3)11-14-16(5-2)19-20-17(14)13-9-7-6-8-10-13/h4-11,18H,1-2H2,3H3,(H,19,20). The van der Waals surface area contributed by atoms with Crippen molar-refractivity contribution in [1.82, 2.24) is 10.2 Å². The highest BCUT2D eigenvalue weighted by Gasteiger charge is 2.11. The Labute approximate surface area is 118 Å². The first kappa shape index (κ1) is 13.7. The minimum Gasteiger partial charge on any atom is -0.301 e. The molecule has 0 atom stereocenters. The van der Waals surface area contributed by atoms with Crippen LogP contribution in [0.25, 0.3) is 23.4 Å². The molecule has 0 radical (unpaired) electrons. The second-order valence-corrected chi connectivity index (χ2v) is 4.41. The Morgan fingerprint density at radius 1 is 1.25 bits per heavy atom. The summed E-state index contributed by atoms with van der Waals surface area (Å²) >= 11 is 0. The third kappa shape index (κ3) is 2.67. The maximum Gasteiger partial charge on any atom is 0.0999 e. The third-order valence-corrected chi connectivity index (χ3v) is 3.07. The number of nitrogens with zero attached hydrogens (tertiary/aromatic N) is 1. The fourth-order valence-corrected chi connectivity index (χ4v) is 1.94. The molecular formula is C17H17N3. The van der Waals surface area contributed by atoms with Crippen LogP contribution in [0.2, 0.25) is 0 Å². The van der Waals surface area contributed by atoms with Crippen LogP contribution < -0.4 is 0 Å². The van der Waals surface area contributed by atoms with Crippen LogP contribution in [0.3, 0.4) is 0 Å². The molecule has 0 spiro atoms. The fourth-order valence-electron chi connectivity index (χ4n) is 1.94. The van der Waals surface area contributed by atoms with Crippen LogP contribution in [0.5, 0.6) is 0 Å². The molecule has 1 heterocycles. The lowest BCUT2D eigenvalue weighted by molar-refractivity contribution is 1.08. The van der Waals surface area contributed by atoms with Crippen LogP contribution in [0.4, 0.5) is 0 Å². The van der Waals surface area contributed by atoms with E-state index in [9.17, 15) is 0 Å². The highest BCUT2D eigenvalue weighted by atomic mass is 15.1. The molecule has 0 fully saturated rings. The van der Waals surface area contributed by atoms with Gasteiger partial charge in [0.15, 0.2) is 0 Å². The second kappa shape index (κ2) is 5.97. The smallest absolute Gasteiger partial charge is 0.0999 e. The lowest BCUT2D eigenvalue weighted by Gasteiger charge is -2.02. The van der Waals surface area contributed by atoms with E-state index in [2.05, 4.69) is 23.4 Å². The number of aromatic amines is 1.